The maximum Gasteiger partial charge on any atom is 0.340 e. The van der Waals surface area contributed by atoms with Crippen LogP contribution in [0.2, 0.25) is 0 Å². The Morgan fingerprint density at radius 3 is 2.84 bits per heavy atom. The Balaban J connectivity index is 2.28. The molecule has 98 valence electrons. The van der Waals surface area contributed by atoms with Crippen molar-refractivity contribution in [3.05, 3.63) is 52.0 Å². The van der Waals surface area contributed by atoms with Gasteiger partial charge >= 0.3 is 5.97 Å². The predicted molar refractivity (Wildman–Crippen MR) is 68.4 cm³/mol. The van der Waals surface area contributed by atoms with Crippen molar-refractivity contribution in [2.24, 2.45) is 0 Å². The van der Waals surface area contributed by atoms with E-state index in [1.807, 2.05) is 0 Å². The summed E-state index contributed by atoms with van der Waals surface area (Å²) in [4.78, 5) is 24.0. The summed E-state index contributed by atoms with van der Waals surface area (Å²) in [6.07, 6.45) is -0.844. The third-order valence-corrected chi connectivity index (χ3v) is 3.61. The average molecular weight is 259 g/mol. The molecule has 1 atom stereocenters. The molecule has 0 aliphatic carbocycles. The van der Waals surface area contributed by atoms with Crippen molar-refractivity contribution in [1.82, 2.24) is 4.57 Å². The Morgan fingerprint density at radius 1 is 1.42 bits per heavy atom. The van der Waals surface area contributed by atoms with E-state index in [-0.39, 0.29) is 12.2 Å². The topological polar surface area (TPSA) is 57.5 Å². The lowest BCUT2D eigenvalue weighted by Crippen LogP contribution is -2.33. The van der Waals surface area contributed by atoms with Gasteiger partial charge in [-0.25, -0.2) is 4.79 Å². The number of cyclic esters (lactones) is 1. The fourth-order valence-electron chi connectivity index (χ4n) is 2.53. The van der Waals surface area contributed by atoms with E-state index in [0.717, 1.165) is 11.1 Å². The molecule has 1 unspecified atom stereocenters. The highest BCUT2D eigenvalue weighted by atomic mass is 16.6. The second kappa shape index (κ2) is 3.93. The number of aromatic nitrogens is 1. The van der Waals surface area contributed by atoms with Gasteiger partial charge in [-0.1, -0.05) is 13.2 Å². The van der Waals surface area contributed by atoms with Crippen molar-refractivity contribution in [2.75, 3.05) is 7.11 Å². The number of allylic oxidation sites excluding steroid dienone is 2. The molecule has 2 aliphatic heterocycles. The number of carbonyl (C=O) groups is 1. The van der Waals surface area contributed by atoms with Crippen LogP contribution in [0, 0.1) is 0 Å². The highest BCUT2D eigenvalue weighted by molar-refractivity contribution is 5.82. The van der Waals surface area contributed by atoms with Crippen LogP contribution in [0.1, 0.15) is 22.9 Å². The number of carbonyl (C=O) groups excluding carboxylic acids is 1. The van der Waals surface area contributed by atoms with Crippen LogP contribution < -0.4 is 5.56 Å². The number of pyridine rings is 1. The van der Waals surface area contributed by atoms with Crippen LogP contribution in [0.5, 0.6) is 0 Å². The van der Waals surface area contributed by atoms with Gasteiger partial charge in [0.1, 0.15) is 6.61 Å². The van der Waals surface area contributed by atoms with Crippen LogP contribution in [0.3, 0.4) is 0 Å². The average Bonchev–Trinajstić information content (AvgIpc) is 2.67. The lowest BCUT2D eigenvalue weighted by atomic mass is 9.99. The van der Waals surface area contributed by atoms with E-state index in [2.05, 4.69) is 13.2 Å². The van der Waals surface area contributed by atoms with Gasteiger partial charge in [-0.05, 0) is 17.2 Å². The molecule has 3 rings (SSSR count). The minimum Gasteiger partial charge on any atom is -0.458 e. The van der Waals surface area contributed by atoms with E-state index in [9.17, 15) is 9.59 Å². The maximum absolute atomic E-state index is 12.4. The van der Waals surface area contributed by atoms with Crippen LogP contribution >= 0.6 is 0 Å². The quantitative estimate of drug-likeness (QED) is 0.710. The van der Waals surface area contributed by atoms with Gasteiger partial charge in [-0.15, -0.1) is 0 Å². The Labute approximate surface area is 109 Å². The molecule has 0 spiro atoms. The van der Waals surface area contributed by atoms with Crippen molar-refractivity contribution in [2.45, 2.75) is 19.3 Å². The summed E-state index contributed by atoms with van der Waals surface area (Å²) in [6.45, 7) is 8.23. The molecular weight excluding hydrogens is 246 g/mol. The summed E-state index contributed by atoms with van der Waals surface area (Å²) in [5.41, 5.74) is 3.12. The molecule has 0 aromatic carbocycles. The molecule has 1 aromatic heterocycles. The highest BCUT2D eigenvalue weighted by Gasteiger charge is 2.34. The monoisotopic (exact) mass is 259 g/mol. The SMILES string of the molecule is C=C1Cn2c(cc3c(c2=O)COC(=O)C3OC)C1=C. The molecule has 19 heavy (non-hydrogen) atoms. The van der Waals surface area contributed by atoms with E-state index in [1.165, 1.54) is 7.11 Å². The summed E-state index contributed by atoms with van der Waals surface area (Å²) in [5.74, 6) is -0.471. The largest absolute Gasteiger partial charge is 0.458 e. The van der Waals surface area contributed by atoms with Crippen molar-refractivity contribution >= 4 is 11.5 Å². The van der Waals surface area contributed by atoms with Crippen molar-refractivity contribution in [3.63, 3.8) is 0 Å². The minimum absolute atomic E-state index is 0.00784. The fourth-order valence-corrected chi connectivity index (χ4v) is 2.53. The Hall–Kier alpha value is -2.14. The van der Waals surface area contributed by atoms with Gasteiger partial charge in [0, 0.05) is 12.7 Å². The molecule has 0 radical (unpaired) electrons. The van der Waals surface area contributed by atoms with Crippen LogP contribution in [-0.4, -0.2) is 17.6 Å². The summed E-state index contributed by atoms with van der Waals surface area (Å²) >= 11 is 0. The summed E-state index contributed by atoms with van der Waals surface area (Å²) in [6, 6.07) is 1.78. The highest BCUT2D eigenvalue weighted by Crippen LogP contribution is 2.33. The second-order valence-corrected chi connectivity index (χ2v) is 4.66. The van der Waals surface area contributed by atoms with E-state index in [1.54, 1.807) is 10.6 Å². The van der Waals surface area contributed by atoms with Gasteiger partial charge in [0.2, 0.25) is 0 Å². The lowest BCUT2D eigenvalue weighted by molar-refractivity contribution is -0.159. The molecule has 5 nitrogen and oxygen atoms in total. The van der Waals surface area contributed by atoms with Gasteiger partial charge in [-0.3, -0.25) is 4.79 Å². The van der Waals surface area contributed by atoms with Gasteiger partial charge in [0.25, 0.3) is 5.56 Å². The van der Waals surface area contributed by atoms with Crippen molar-refractivity contribution in [1.29, 1.82) is 0 Å². The number of fused-ring (bicyclic) bond motifs is 2. The first-order chi connectivity index (χ1) is 9.04. The molecule has 0 bridgehead atoms. The smallest absolute Gasteiger partial charge is 0.340 e. The Morgan fingerprint density at radius 2 is 2.16 bits per heavy atom. The Kier molecular flexibility index (Phi) is 2.46. The molecule has 0 fully saturated rings. The minimum atomic E-state index is -0.844. The van der Waals surface area contributed by atoms with Crippen LogP contribution in [0.4, 0.5) is 0 Å². The van der Waals surface area contributed by atoms with E-state index >= 15 is 0 Å². The third-order valence-electron chi connectivity index (χ3n) is 3.61. The first-order valence-corrected chi connectivity index (χ1v) is 5.88. The van der Waals surface area contributed by atoms with Gasteiger partial charge in [-0.2, -0.15) is 0 Å². The van der Waals surface area contributed by atoms with Crippen LogP contribution in [-0.2, 0) is 27.4 Å². The molecular formula is C14H13NO4. The number of nitrogens with zero attached hydrogens (tertiary/aromatic N) is 1. The van der Waals surface area contributed by atoms with Gasteiger partial charge in [0.15, 0.2) is 6.10 Å². The standard InChI is InChI=1S/C14H13NO4/c1-7-5-15-11(8(7)2)4-9-10(13(15)16)6-19-14(17)12(9)18-3/h4,12H,1-2,5-6H2,3H3. The molecule has 0 amide bonds. The summed E-state index contributed by atoms with van der Waals surface area (Å²) < 4.78 is 11.7. The number of esters is 1. The molecule has 3 heterocycles. The van der Waals surface area contributed by atoms with E-state index in [0.29, 0.717) is 23.4 Å². The van der Waals surface area contributed by atoms with Crippen molar-refractivity contribution in [3.8, 4) is 0 Å². The number of rotatable bonds is 1. The first-order valence-electron chi connectivity index (χ1n) is 5.88. The zero-order valence-corrected chi connectivity index (χ0v) is 10.6. The van der Waals surface area contributed by atoms with E-state index in [4.69, 9.17) is 9.47 Å². The summed E-state index contributed by atoms with van der Waals surface area (Å²) in [5, 5.41) is 0. The second-order valence-electron chi connectivity index (χ2n) is 4.66. The molecule has 0 saturated heterocycles. The number of hydrogen-bond donors (Lipinski definition) is 0. The number of methoxy groups -OCH3 is 1. The zero-order chi connectivity index (χ0) is 13.7. The van der Waals surface area contributed by atoms with Gasteiger partial charge in [0.05, 0.1) is 17.8 Å². The number of ether oxygens (including phenoxy) is 2. The molecule has 1 aromatic rings. The lowest BCUT2D eigenvalue weighted by Gasteiger charge is -2.24. The van der Waals surface area contributed by atoms with Crippen molar-refractivity contribution < 1.29 is 14.3 Å². The molecule has 2 aliphatic rings. The molecule has 5 heteroatoms. The van der Waals surface area contributed by atoms with Crippen LogP contribution in [0.15, 0.2) is 29.6 Å². The predicted octanol–water partition coefficient (Wildman–Crippen LogP) is 1.18. The molecule has 0 saturated carbocycles. The molecule has 0 N–H and O–H groups in total. The van der Waals surface area contributed by atoms with E-state index < -0.39 is 12.1 Å². The van der Waals surface area contributed by atoms with Crippen LogP contribution in [0.25, 0.3) is 5.57 Å². The summed E-state index contributed by atoms with van der Waals surface area (Å²) in [7, 11) is 1.42. The number of hydrogen-bond acceptors (Lipinski definition) is 4. The zero-order valence-electron chi connectivity index (χ0n) is 10.6. The van der Waals surface area contributed by atoms with Gasteiger partial charge < -0.3 is 14.0 Å². The first kappa shape index (κ1) is 11.9. The normalized spacial score (nSPS) is 21.1. The third kappa shape index (κ3) is 1.51. The Bertz CT molecular complexity index is 683. The maximum atomic E-state index is 12.4. The fraction of sp³-hybridized carbons (Fsp3) is 0.286.